The van der Waals surface area contributed by atoms with Crippen LogP contribution in [0.25, 0.3) is 0 Å². The van der Waals surface area contributed by atoms with Crippen LogP contribution < -0.4 is 10.6 Å². The van der Waals surface area contributed by atoms with Gasteiger partial charge in [0.2, 0.25) is 5.91 Å². The van der Waals surface area contributed by atoms with Gasteiger partial charge in [0.05, 0.1) is 24.3 Å². The number of nitrogens with one attached hydrogen (secondary N) is 3. The van der Waals surface area contributed by atoms with Crippen molar-refractivity contribution in [2.45, 2.75) is 45.4 Å². The maximum absolute atomic E-state index is 12.8. The van der Waals surface area contributed by atoms with Crippen LogP contribution in [0.2, 0.25) is 5.02 Å². The smallest absolute Gasteiger partial charge is 0.318 e. The van der Waals surface area contributed by atoms with E-state index in [1.807, 2.05) is 26.0 Å². The van der Waals surface area contributed by atoms with Gasteiger partial charge in [-0.2, -0.15) is 0 Å². The summed E-state index contributed by atoms with van der Waals surface area (Å²) in [6.45, 7) is 4.48. The molecule has 1 aliphatic heterocycles. The van der Waals surface area contributed by atoms with Crippen molar-refractivity contribution >= 4 is 23.5 Å². The number of carbonyl (C=O) groups excluding carboxylic acids is 2. The van der Waals surface area contributed by atoms with Crippen LogP contribution >= 0.6 is 11.6 Å². The predicted octanol–water partition coefficient (Wildman–Crippen LogP) is 2.22. The van der Waals surface area contributed by atoms with Gasteiger partial charge in [0.15, 0.2) is 0 Å². The summed E-state index contributed by atoms with van der Waals surface area (Å²) in [4.78, 5) is 34.2. The molecule has 0 fully saturated rings. The lowest BCUT2D eigenvalue weighted by atomic mass is 10.0. The molecule has 1 unspecified atom stereocenters. The van der Waals surface area contributed by atoms with Gasteiger partial charge in [0, 0.05) is 24.0 Å². The fraction of sp³-hybridized carbons (Fsp3) is 0.389. The van der Waals surface area contributed by atoms with Gasteiger partial charge in [0.25, 0.3) is 0 Å². The topological polar surface area (TPSA) is 90.1 Å². The molecule has 2 heterocycles. The molecule has 1 aliphatic rings. The van der Waals surface area contributed by atoms with Crippen LogP contribution in [-0.2, 0) is 24.3 Å². The first-order valence-electron chi connectivity index (χ1n) is 8.54. The zero-order valence-electron chi connectivity index (χ0n) is 14.8. The molecule has 3 N–H and O–H groups in total. The molecule has 1 aromatic heterocycles. The molecule has 0 saturated heterocycles. The highest BCUT2D eigenvalue weighted by molar-refractivity contribution is 6.30. The Kier molecular flexibility index (Phi) is 5.46. The lowest BCUT2D eigenvalue weighted by molar-refractivity contribution is -0.126. The molecule has 0 spiro atoms. The second-order valence-corrected chi connectivity index (χ2v) is 7.06. The van der Waals surface area contributed by atoms with Crippen molar-refractivity contribution < 1.29 is 9.59 Å². The van der Waals surface area contributed by atoms with Crippen LogP contribution in [0.4, 0.5) is 4.79 Å². The number of carbonyl (C=O) groups is 2. The third kappa shape index (κ3) is 4.16. The van der Waals surface area contributed by atoms with E-state index in [0.29, 0.717) is 24.5 Å². The average molecular weight is 376 g/mol. The summed E-state index contributed by atoms with van der Waals surface area (Å²) >= 11 is 5.88. The average Bonchev–Trinajstić information content (AvgIpc) is 3.06. The monoisotopic (exact) mass is 375 g/mol. The van der Waals surface area contributed by atoms with Crippen LogP contribution in [0.1, 0.15) is 30.8 Å². The van der Waals surface area contributed by atoms with Crippen LogP contribution in [0.15, 0.2) is 30.6 Å². The Bertz CT molecular complexity index is 787. The zero-order chi connectivity index (χ0) is 18.7. The maximum atomic E-state index is 12.8. The molecular formula is C18H22ClN5O2. The zero-order valence-corrected chi connectivity index (χ0v) is 15.5. The fourth-order valence-electron chi connectivity index (χ4n) is 2.92. The number of imidazole rings is 1. The quantitative estimate of drug-likeness (QED) is 0.765. The highest BCUT2D eigenvalue weighted by atomic mass is 35.5. The first kappa shape index (κ1) is 18.3. The number of nitrogens with zero attached hydrogens (tertiary/aromatic N) is 2. The molecule has 0 saturated carbocycles. The lowest BCUT2D eigenvalue weighted by Gasteiger charge is -2.34. The van der Waals surface area contributed by atoms with Gasteiger partial charge in [-0.25, -0.2) is 9.78 Å². The van der Waals surface area contributed by atoms with E-state index < -0.39 is 6.04 Å². The second kappa shape index (κ2) is 7.78. The minimum absolute atomic E-state index is 0.0107. The molecule has 138 valence electrons. The van der Waals surface area contributed by atoms with E-state index in [9.17, 15) is 9.59 Å². The van der Waals surface area contributed by atoms with E-state index in [1.165, 1.54) is 0 Å². The van der Waals surface area contributed by atoms with E-state index >= 15 is 0 Å². The summed E-state index contributed by atoms with van der Waals surface area (Å²) < 4.78 is 0. The summed E-state index contributed by atoms with van der Waals surface area (Å²) in [7, 11) is 0. The normalized spacial score (nSPS) is 16.3. The van der Waals surface area contributed by atoms with E-state index in [-0.39, 0.29) is 18.0 Å². The molecule has 7 nitrogen and oxygen atoms in total. The fourth-order valence-corrected chi connectivity index (χ4v) is 3.05. The largest absolute Gasteiger partial charge is 0.350 e. The Morgan fingerprint density at radius 3 is 2.77 bits per heavy atom. The molecule has 8 heteroatoms. The van der Waals surface area contributed by atoms with Crippen molar-refractivity contribution in [3.63, 3.8) is 0 Å². The van der Waals surface area contributed by atoms with Crippen LogP contribution in [0.5, 0.6) is 0 Å². The minimum atomic E-state index is -0.600. The molecule has 1 atom stereocenters. The number of fused-ring (bicyclic) bond motifs is 1. The van der Waals surface area contributed by atoms with Gasteiger partial charge in [-0.1, -0.05) is 23.7 Å². The number of rotatable bonds is 4. The predicted molar refractivity (Wildman–Crippen MR) is 98.6 cm³/mol. The molecule has 3 amide bonds. The van der Waals surface area contributed by atoms with E-state index in [4.69, 9.17) is 11.6 Å². The van der Waals surface area contributed by atoms with Crippen molar-refractivity contribution in [2.75, 3.05) is 0 Å². The van der Waals surface area contributed by atoms with Crippen LogP contribution in [0, 0.1) is 0 Å². The van der Waals surface area contributed by atoms with E-state index in [1.54, 1.807) is 23.4 Å². The van der Waals surface area contributed by atoms with Gasteiger partial charge >= 0.3 is 6.03 Å². The Morgan fingerprint density at radius 2 is 2.08 bits per heavy atom. The Hall–Kier alpha value is -2.54. The van der Waals surface area contributed by atoms with E-state index in [2.05, 4.69) is 20.6 Å². The van der Waals surface area contributed by atoms with Crippen molar-refractivity contribution in [1.29, 1.82) is 0 Å². The third-order valence-corrected chi connectivity index (χ3v) is 4.51. The molecule has 0 aliphatic carbocycles. The summed E-state index contributed by atoms with van der Waals surface area (Å²) in [6.07, 6.45) is 1.98. The van der Waals surface area contributed by atoms with Gasteiger partial charge < -0.3 is 20.5 Å². The first-order valence-corrected chi connectivity index (χ1v) is 8.92. The third-order valence-electron chi connectivity index (χ3n) is 4.25. The molecular weight excluding hydrogens is 354 g/mol. The van der Waals surface area contributed by atoms with E-state index in [0.717, 1.165) is 17.0 Å². The van der Waals surface area contributed by atoms with Crippen molar-refractivity contribution in [1.82, 2.24) is 25.5 Å². The molecule has 26 heavy (non-hydrogen) atoms. The van der Waals surface area contributed by atoms with Crippen molar-refractivity contribution in [3.05, 3.63) is 52.6 Å². The van der Waals surface area contributed by atoms with Gasteiger partial charge in [0.1, 0.15) is 6.04 Å². The number of hydrogen-bond donors (Lipinski definition) is 3. The summed E-state index contributed by atoms with van der Waals surface area (Å²) in [5.74, 6) is -0.201. The number of amides is 3. The second-order valence-electron chi connectivity index (χ2n) is 6.62. The maximum Gasteiger partial charge on any atom is 0.318 e. The van der Waals surface area contributed by atoms with Crippen molar-refractivity contribution in [3.8, 4) is 0 Å². The highest BCUT2D eigenvalue weighted by Crippen LogP contribution is 2.21. The summed E-state index contributed by atoms with van der Waals surface area (Å²) in [6, 6.07) is 6.41. The van der Waals surface area contributed by atoms with Gasteiger partial charge in [-0.3, -0.25) is 4.79 Å². The molecule has 2 aromatic rings. The number of hydrogen-bond acceptors (Lipinski definition) is 3. The molecule has 0 radical (unpaired) electrons. The van der Waals surface area contributed by atoms with Crippen LogP contribution in [0.3, 0.4) is 0 Å². The first-order chi connectivity index (χ1) is 12.4. The Morgan fingerprint density at radius 1 is 1.35 bits per heavy atom. The number of aromatic amines is 1. The van der Waals surface area contributed by atoms with Crippen molar-refractivity contribution in [2.24, 2.45) is 0 Å². The highest BCUT2D eigenvalue weighted by Gasteiger charge is 2.36. The molecule has 1 aromatic carbocycles. The number of urea groups is 1. The number of H-pyrrole nitrogens is 1. The Balaban J connectivity index is 1.72. The lowest BCUT2D eigenvalue weighted by Crippen LogP contribution is -2.56. The minimum Gasteiger partial charge on any atom is -0.350 e. The molecule has 0 bridgehead atoms. The SMILES string of the molecule is CC(C)NC(=O)N1Cc2[nH]cnc2CC1C(=O)NCc1ccc(Cl)cc1. The number of halogens is 1. The summed E-state index contributed by atoms with van der Waals surface area (Å²) in [5, 5.41) is 6.41. The molecule has 3 rings (SSSR count). The van der Waals surface area contributed by atoms with Gasteiger partial charge in [-0.05, 0) is 31.5 Å². The number of aromatic nitrogens is 2. The Labute approximate surface area is 157 Å². The number of benzene rings is 1. The summed E-state index contributed by atoms with van der Waals surface area (Å²) in [5.41, 5.74) is 2.63. The standard InChI is InChI=1S/C18H22ClN5O2/c1-11(2)23-18(26)24-9-15-14(21-10-22-15)7-16(24)17(25)20-8-12-3-5-13(19)6-4-12/h3-6,10-11,16H,7-9H2,1-2H3,(H,20,25)(H,21,22)(H,23,26). The van der Waals surface area contributed by atoms with Gasteiger partial charge in [-0.15, -0.1) is 0 Å². The van der Waals surface area contributed by atoms with Crippen LogP contribution in [-0.4, -0.2) is 38.9 Å².